The number of nitrogens with two attached hydrogens (primary N) is 1. The summed E-state index contributed by atoms with van der Waals surface area (Å²) in [5.74, 6) is 1.03. The molecule has 2 N–H and O–H groups in total. The molecule has 2 aliphatic rings. The predicted molar refractivity (Wildman–Crippen MR) is 93.7 cm³/mol. The standard InChI is InChI=1S/C17H21N5O3/c18-17-12-8-14-15(9-13(12)19-11-20-17)25-10-16(23)22(14)3-1-2-21-4-6-24-7-5-21/h8-9,11H,1-7,10H2,(H2,18,19,20). The number of rotatable bonds is 4. The fraction of sp³-hybridized carbons (Fsp3) is 0.471. The van der Waals surface area contributed by atoms with Crippen LogP contribution in [0.2, 0.25) is 0 Å². The Morgan fingerprint density at radius 3 is 2.84 bits per heavy atom. The molecule has 0 saturated carbocycles. The highest BCUT2D eigenvalue weighted by Gasteiger charge is 2.26. The van der Waals surface area contributed by atoms with Crippen molar-refractivity contribution < 1.29 is 14.3 Å². The van der Waals surface area contributed by atoms with Crippen molar-refractivity contribution in [2.45, 2.75) is 6.42 Å². The number of anilines is 2. The summed E-state index contributed by atoms with van der Waals surface area (Å²) in [7, 11) is 0. The van der Waals surface area contributed by atoms with Gasteiger partial charge in [0, 0.05) is 37.6 Å². The maximum atomic E-state index is 12.4. The molecule has 0 spiro atoms. The van der Waals surface area contributed by atoms with E-state index in [4.69, 9.17) is 15.2 Å². The third kappa shape index (κ3) is 3.22. The van der Waals surface area contributed by atoms with E-state index < -0.39 is 0 Å². The molecule has 2 aliphatic heterocycles. The minimum atomic E-state index is -0.0377. The second-order valence-corrected chi connectivity index (χ2v) is 6.24. The van der Waals surface area contributed by atoms with Crippen molar-refractivity contribution in [3.05, 3.63) is 18.5 Å². The van der Waals surface area contributed by atoms with Crippen molar-refractivity contribution in [3.63, 3.8) is 0 Å². The maximum absolute atomic E-state index is 12.4. The fourth-order valence-electron chi connectivity index (χ4n) is 3.29. The first-order valence-electron chi connectivity index (χ1n) is 8.50. The summed E-state index contributed by atoms with van der Waals surface area (Å²) in [6.45, 7) is 5.11. The average molecular weight is 343 g/mol. The molecule has 1 amide bonds. The van der Waals surface area contributed by atoms with Gasteiger partial charge in [-0.3, -0.25) is 9.69 Å². The number of ether oxygens (including phenoxy) is 2. The first kappa shape index (κ1) is 16.0. The molecule has 2 aromatic rings. The highest BCUT2D eigenvalue weighted by atomic mass is 16.5. The summed E-state index contributed by atoms with van der Waals surface area (Å²) in [6, 6.07) is 3.68. The molecule has 132 valence electrons. The second-order valence-electron chi connectivity index (χ2n) is 6.24. The smallest absolute Gasteiger partial charge is 0.265 e. The van der Waals surface area contributed by atoms with Gasteiger partial charge >= 0.3 is 0 Å². The van der Waals surface area contributed by atoms with Gasteiger partial charge in [0.2, 0.25) is 0 Å². The van der Waals surface area contributed by atoms with Crippen LogP contribution in [0.1, 0.15) is 6.42 Å². The number of carbonyl (C=O) groups is 1. The molecule has 0 aliphatic carbocycles. The Morgan fingerprint density at radius 2 is 2.00 bits per heavy atom. The third-order valence-corrected chi connectivity index (χ3v) is 4.65. The normalized spacial score (nSPS) is 18.2. The lowest BCUT2D eigenvalue weighted by Crippen LogP contribution is -2.42. The van der Waals surface area contributed by atoms with Crippen molar-refractivity contribution in [1.82, 2.24) is 14.9 Å². The zero-order valence-corrected chi connectivity index (χ0v) is 14.0. The number of carbonyl (C=O) groups excluding carboxylic acids is 1. The van der Waals surface area contributed by atoms with Crippen LogP contribution in [-0.2, 0) is 9.53 Å². The number of morpholine rings is 1. The van der Waals surface area contributed by atoms with Crippen LogP contribution in [0.4, 0.5) is 11.5 Å². The number of benzene rings is 1. The van der Waals surface area contributed by atoms with E-state index in [1.54, 1.807) is 4.90 Å². The molecule has 1 aromatic heterocycles. The molecular formula is C17H21N5O3. The molecule has 0 radical (unpaired) electrons. The molecule has 4 rings (SSSR count). The third-order valence-electron chi connectivity index (χ3n) is 4.65. The molecule has 1 saturated heterocycles. The molecule has 1 aromatic carbocycles. The Morgan fingerprint density at radius 1 is 1.16 bits per heavy atom. The zero-order chi connectivity index (χ0) is 17.2. The Labute approximate surface area is 145 Å². The van der Waals surface area contributed by atoms with E-state index in [-0.39, 0.29) is 12.5 Å². The minimum absolute atomic E-state index is 0.0377. The van der Waals surface area contributed by atoms with E-state index in [0.717, 1.165) is 50.3 Å². The van der Waals surface area contributed by atoms with Crippen LogP contribution >= 0.6 is 0 Å². The fourth-order valence-corrected chi connectivity index (χ4v) is 3.29. The van der Waals surface area contributed by atoms with E-state index in [0.29, 0.717) is 23.6 Å². The second kappa shape index (κ2) is 6.81. The van der Waals surface area contributed by atoms with Gasteiger partial charge < -0.3 is 20.1 Å². The maximum Gasteiger partial charge on any atom is 0.265 e. The first-order chi connectivity index (χ1) is 12.2. The van der Waals surface area contributed by atoms with E-state index >= 15 is 0 Å². The van der Waals surface area contributed by atoms with Crippen molar-refractivity contribution in [3.8, 4) is 5.75 Å². The first-order valence-corrected chi connectivity index (χ1v) is 8.50. The molecular weight excluding hydrogens is 322 g/mol. The monoisotopic (exact) mass is 343 g/mol. The van der Waals surface area contributed by atoms with Crippen LogP contribution in [0.25, 0.3) is 10.9 Å². The number of hydrogen-bond donors (Lipinski definition) is 1. The number of aromatic nitrogens is 2. The summed E-state index contributed by atoms with van der Waals surface area (Å²) in [5, 5.41) is 0.734. The van der Waals surface area contributed by atoms with Gasteiger partial charge in [-0.25, -0.2) is 9.97 Å². The van der Waals surface area contributed by atoms with E-state index in [1.165, 1.54) is 6.33 Å². The van der Waals surface area contributed by atoms with Crippen LogP contribution in [0.5, 0.6) is 5.75 Å². The van der Waals surface area contributed by atoms with Gasteiger partial charge in [-0.2, -0.15) is 0 Å². The lowest BCUT2D eigenvalue weighted by atomic mass is 10.1. The van der Waals surface area contributed by atoms with Crippen LogP contribution < -0.4 is 15.4 Å². The molecule has 8 nitrogen and oxygen atoms in total. The number of nitrogen functional groups attached to an aromatic ring is 1. The average Bonchev–Trinajstić information content (AvgIpc) is 2.64. The molecule has 25 heavy (non-hydrogen) atoms. The highest BCUT2D eigenvalue weighted by molar-refractivity contribution is 6.02. The summed E-state index contributed by atoms with van der Waals surface area (Å²) in [4.78, 5) is 24.8. The summed E-state index contributed by atoms with van der Waals surface area (Å²) in [6.07, 6.45) is 2.32. The zero-order valence-electron chi connectivity index (χ0n) is 14.0. The van der Waals surface area contributed by atoms with Gasteiger partial charge in [-0.1, -0.05) is 0 Å². The minimum Gasteiger partial charge on any atom is -0.481 e. The topological polar surface area (TPSA) is 93.8 Å². The Kier molecular flexibility index (Phi) is 4.37. The summed E-state index contributed by atoms with van der Waals surface area (Å²) >= 11 is 0. The largest absolute Gasteiger partial charge is 0.481 e. The molecule has 0 unspecified atom stereocenters. The van der Waals surface area contributed by atoms with E-state index in [2.05, 4.69) is 14.9 Å². The van der Waals surface area contributed by atoms with Crippen molar-refractivity contribution in [2.24, 2.45) is 0 Å². The Bertz CT molecular complexity index is 791. The van der Waals surface area contributed by atoms with Crippen molar-refractivity contribution in [1.29, 1.82) is 0 Å². The quantitative estimate of drug-likeness (QED) is 0.871. The molecule has 8 heteroatoms. The molecule has 1 fully saturated rings. The Balaban J connectivity index is 1.54. The van der Waals surface area contributed by atoms with Gasteiger partial charge in [0.15, 0.2) is 6.61 Å². The van der Waals surface area contributed by atoms with E-state index in [9.17, 15) is 4.79 Å². The van der Waals surface area contributed by atoms with Crippen LogP contribution in [0, 0.1) is 0 Å². The van der Waals surface area contributed by atoms with Gasteiger partial charge in [0.1, 0.15) is 17.9 Å². The highest BCUT2D eigenvalue weighted by Crippen LogP contribution is 2.36. The number of amides is 1. The summed E-state index contributed by atoms with van der Waals surface area (Å²) < 4.78 is 11.0. The van der Waals surface area contributed by atoms with Crippen LogP contribution in [0.15, 0.2) is 18.5 Å². The number of hydrogen-bond acceptors (Lipinski definition) is 7. The summed E-state index contributed by atoms with van der Waals surface area (Å²) in [5.41, 5.74) is 7.41. The van der Waals surface area contributed by atoms with Gasteiger partial charge in [-0.15, -0.1) is 0 Å². The van der Waals surface area contributed by atoms with Gasteiger partial charge in [0.05, 0.1) is 24.4 Å². The van der Waals surface area contributed by atoms with Gasteiger partial charge in [-0.05, 0) is 12.5 Å². The predicted octanol–water partition coefficient (Wildman–Crippen LogP) is 0.660. The molecule has 0 atom stereocenters. The van der Waals surface area contributed by atoms with Gasteiger partial charge in [0.25, 0.3) is 5.91 Å². The molecule has 3 heterocycles. The van der Waals surface area contributed by atoms with Crippen molar-refractivity contribution in [2.75, 3.05) is 56.6 Å². The van der Waals surface area contributed by atoms with Crippen LogP contribution in [0.3, 0.4) is 0 Å². The molecule has 0 bridgehead atoms. The van der Waals surface area contributed by atoms with Crippen molar-refractivity contribution >= 4 is 28.3 Å². The number of nitrogens with zero attached hydrogens (tertiary/aromatic N) is 4. The lowest BCUT2D eigenvalue weighted by Gasteiger charge is -2.31. The van der Waals surface area contributed by atoms with Crippen LogP contribution in [-0.4, -0.2) is 66.8 Å². The number of fused-ring (bicyclic) bond motifs is 2. The SMILES string of the molecule is Nc1ncnc2cc3c(cc12)N(CCCN1CCOCC1)C(=O)CO3. The van der Waals surface area contributed by atoms with E-state index in [1.807, 2.05) is 12.1 Å². The Hall–Kier alpha value is -2.45. The lowest BCUT2D eigenvalue weighted by molar-refractivity contribution is -0.121.